The van der Waals surface area contributed by atoms with Crippen LogP contribution in [0.2, 0.25) is 0 Å². The van der Waals surface area contributed by atoms with E-state index in [1.165, 1.54) is 18.2 Å². The molecule has 0 aliphatic rings. The van der Waals surface area contributed by atoms with E-state index in [0.29, 0.717) is 17.8 Å². The van der Waals surface area contributed by atoms with Gasteiger partial charge in [-0.05, 0) is 44.0 Å². The molecule has 25 heavy (non-hydrogen) atoms. The molecule has 0 fully saturated rings. The summed E-state index contributed by atoms with van der Waals surface area (Å²) in [5.41, 5.74) is 5.64. The summed E-state index contributed by atoms with van der Waals surface area (Å²) in [6, 6.07) is 11.7. The Morgan fingerprint density at radius 3 is 2.68 bits per heavy atom. The number of hydrogen-bond acceptors (Lipinski definition) is 2. The molecule has 3 rings (SSSR count). The number of H-pyrrole nitrogens is 1. The summed E-state index contributed by atoms with van der Waals surface area (Å²) in [4.78, 5) is 12.5. The third kappa shape index (κ3) is 3.45. The Balaban J connectivity index is 2.01. The van der Waals surface area contributed by atoms with Crippen LogP contribution in [0.5, 0.6) is 0 Å². The van der Waals surface area contributed by atoms with Crippen molar-refractivity contribution in [2.24, 2.45) is 0 Å². The number of rotatable bonds is 4. The van der Waals surface area contributed by atoms with Gasteiger partial charge in [-0.1, -0.05) is 36.8 Å². The average molecular weight is 337 g/mol. The van der Waals surface area contributed by atoms with Crippen molar-refractivity contribution in [2.45, 2.75) is 27.2 Å². The Hall–Kier alpha value is -2.95. The summed E-state index contributed by atoms with van der Waals surface area (Å²) < 4.78 is 13.4. The first-order chi connectivity index (χ1) is 12.0. The van der Waals surface area contributed by atoms with Crippen LogP contribution in [0.25, 0.3) is 11.3 Å². The second kappa shape index (κ2) is 6.89. The van der Waals surface area contributed by atoms with Crippen LogP contribution in [0.4, 0.5) is 10.1 Å². The van der Waals surface area contributed by atoms with Gasteiger partial charge in [0.1, 0.15) is 11.5 Å². The molecule has 5 heteroatoms. The molecule has 4 nitrogen and oxygen atoms in total. The van der Waals surface area contributed by atoms with Crippen molar-refractivity contribution in [3.8, 4) is 11.3 Å². The maximum absolute atomic E-state index is 13.4. The zero-order valence-corrected chi connectivity index (χ0v) is 14.5. The number of carbonyl (C=O) groups excluding carboxylic acids is 1. The van der Waals surface area contributed by atoms with Crippen LogP contribution in [0, 0.1) is 19.7 Å². The zero-order valence-electron chi connectivity index (χ0n) is 14.5. The van der Waals surface area contributed by atoms with Crippen LogP contribution in [-0.4, -0.2) is 16.1 Å². The second-order valence-electron chi connectivity index (χ2n) is 6.06. The Bertz CT molecular complexity index is 930. The van der Waals surface area contributed by atoms with Gasteiger partial charge in [0.05, 0.1) is 11.4 Å². The predicted octanol–water partition coefficient (Wildman–Crippen LogP) is 4.65. The molecule has 0 saturated carbocycles. The first kappa shape index (κ1) is 16.9. The number of aromatic nitrogens is 2. The number of aryl methyl sites for hydroxylation is 3. The van der Waals surface area contributed by atoms with E-state index < -0.39 is 5.82 Å². The predicted molar refractivity (Wildman–Crippen MR) is 97.2 cm³/mol. The fraction of sp³-hybridized carbons (Fsp3) is 0.200. The lowest BCUT2D eigenvalue weighted by Crippen LogP contribution is -2.13. The summed E-state index contributed by atoms with van der Waals surface area (Å²) in [7, 11) is 0. The van der Waals surface area contributed by atoms with Gasteiger partial charge in [-0.3, -0.25) is 9.89 Å². The Morgan fingerprint density at radius 1 is 1.20 bits per heavy atom. The fourth-order valence-corrected chi connectivity index (χ4v) is 2.86. The van der Waals surface area contributed by atoms with Gasteiger partial charge >= 0.3 is 0 Å². The van der Waals surface area contributed by atoms with Gasteiger partial charge in [-0.15, -0.1) is 0 Å². The minimum absolute atomic E-state index is 0.273. The number of carbonyl (C=O) groups is 1. The highest BCUT2D eigenvalue weighted by molar-refractivity contribution is 6.06. The van der Waals surface area contributed by atoms with E-state index in [1.54, 1.807) is 6.07 Å². The highest BCUT2D eigenvalue weighted by atomic mass is 19.1. The van der Waals surface area contributed by atoms with Crippen molar-refractivity contribution >= 4 is 11.6 Å². The zero-order chi connectivity index (χ0) is 18.0. The molecule has 3 aromatic rings. The Kier molecular flexibility index (Phi) is 4.65. The van der Waals surface area contributed by atoms with Crippen LogP contribution >= 0.6 is 0 Å². The molecule has 0 unspecified atom stereocenters. The number of hydrogen-bond donors (Lipinski definition) is 2. The molecule has 2 N–H and O–H groups in total. The van der Waals surface area contributed by atoms with Crippen LogP contribution in [0.15, 0.2) is 42.5 Å². The number of amides is 1. The quantitative estimate of drug-likeness (QED) is 0.728. The Morgan fingerprint density at radius 2 is 2.00 bits per heavy atom. The first-order valence-electron chi connectivity index (χ1n) is 8.21. The molecular weight excluding hydrogens is 317 g/mol. The fourth-order valence-electron chi connectivity index (χ4n) is 2.86. The van der Waals surface area contributed by atoms with Gasteiger partial charge in [-0.25, -0.2) is 4.39 Å². The minimum atomic E-state index is -0.440. The van der Waals surface area contributed by atoms with E-state index in [1.807, 2.05) is 32.9 Å². The first-order valence-corrected chi connectivity index (χ1v) is 8.21. The standard InChI is InChI=1S/C20H20FN3O/c1-4-17-19(22-20(25)14-6-5-7-15(21)11-14)18(24-23-17)16-9-8-12(2)10-13(16)3/h5-11H,4H2,1-3H3,(H,22,25)(H,23,24). The molecule has 0 radical (unpaired) electrons. The SMILES string of the molecule is CCc1[nH]nc(-c2ccc(C)cc2C)c1NC(=O)c1cccc(F)c1. The van der Waals surface area contributed by atoms with E-state index in [0.717, 1.165) is 22.4 Å². The number of anilines is 1. The smallest absolute Gasteiger partial charge is 0.255 e. The van der Waals surface area contributed by atoms with E-state index in [2.05, 4.69) is 21.6 Å². The lowest BCUT2D eigenvalue weighted by atomic mass is 10.0. The molecule has 0 bridgehead atoms. The van der Waals surface area contributed by atoms with Gasteiger partial charge in [0.15, 0.2) is 0 Å². The van der Waals surface area contributed by atoms with E-state index >= 15 is 0 Å². The molecule has 1 heterocycles. The van der Waals surface area contributed by atoms with E-state index in [4.69, 9.17) is 0 Å². The molecule has 128 valence electrons. The van der Waals surface area contributed by atoms with E-state index in [-0.39, 0.29) is 11.5 Å². The molecule has 2 aromatic carbocycles. The summed E-state index contributed by atoms with van der Waals surface area (Å²) in [6.45, 7) is 6.03. The average Bonchev–Trinajstić information content (AvgIpc) is 2.97. The molecule has 0 atom stereocenters. The monoisotopic (exact) mass is 337 g/mol. The molecule has 0 saturated heterocycles. The topological polar surface area (TPSA) is 57.8 Å². The maximum Gasteiger partial charge on any atom is 0.255 e. The molecular formula is C20H20FN3O. The van der Waals surface area contributed by atoms with Gasteiger partial charge in [0.2, 0.25) is 0 Å². The van der Waals surface area contributed by atoms with Crippen molar-refractivity contribution in [3.63, 3.8) is 0 Å². The summed E-state index contributed by atoms with van der Waals surface area (Å²) in [5.74, 6) is -0.799. The lowest BCUT2D eigenvalue weighted by Gasteiger charge is -2.10. The Labute approximate surface area is 146 Å². The molecule has 1 amide bonds. The maximum atomic E-state index is 13.4. The molecule has 1 aromatic heterocycles. The number of aromatic amines is 1. The molecule has 0 spiro atoms. The normalized spacial score (nSPS) is 10.7. The van der Waals surface area contributed by atoms with Gasteiger partial charge < -0.3 is 5.32 Å². The number of nitrogens with one attached hydrogen (secondary N) is 2. The number of halogens is 1. The van der Waals surface area contributed by atoms with Crippen molar-refractivity contribution in [1.82, 2.24) is 10.2 Å². The van der Waals surface area contributed by atoms with Gasteiger partial charge in [-0.2, -0.15) is 5.10 Å². The second-order valence-corrected chi connectivity index (χ2v) is 6.06. The summed E-state index contributed by atoms with van der Waals surface area (Å²) >= 11 is 0. The third-order valence-corrected chi connectivity index (χ3v) is 4.16. The van der Waals surface area contributed by atoms with Crippen molar-refractivity contribution in [1.29, 1.82) is 0 Å². The van der Waals surface area contributed by atoms with Gasteiger partial charge in [0.25, 0.3) is 5.91 Å². The van der Waals surface area contributed by atoms with Crippen molar-refractivity contribution in [3.05, 3.63) is 70.7 Å². The third-order valence-electron chi connectivity index (χ3n) is 4.16. The largest absolute Gasteiger partial charge is 0.319 e. The molecule has 0 aliphatic carbocycles. The highest BCUT2D eigenvalue weighted by Gasteiger charge is 2.18. The summed E-state index contributed by atoms with van der Waals surface area (Å²) in [5, 5.41) is 10.3. The van der Waals surface area contributed by atoms with Crippen LogP contribution in [0.1, 0.15) is 34.1 Å². The minimum Gasteiger partial charge on any atom is -0.319 e. The van der Waals surface area contributed by atoms with Crippen LogP contribution in [0.3, 0.4) is 0 Å². The van der Waals surface area contributed by atoms with Crippen molar-refractivity contribution in [2.75, 3.05) is 5.32 Å². The highest BCUT2D eigenvalue weighted by Crippen LogP contribution is 2.32. The van der Waals surface area contributed by atoms with Gasteiger partial charge in [0, 0.05) is 11.1 Å². The lowest BCUT2D eigenvalue weighted by molar-refractivity contribution is 0.102. The molecule has 0 aliphatic heterocycles. The van der Waals surface area contributed by atoms with E-state index in [9.17, 15) is 9.18 Å². The van der Waals surface area contributed by atoms with Crippen LogP contribution in [-0.2, 0) is 6.42 Å². The van der Waals surface area contributed by atoms with Crippen molar-refractivity contribution < 1.29 is 9.18 Å². The number of benzene rings is 2. The summed E-state index contributed by atoms with van der Waals surface area (Å²) in [6.07, 6.45) is 0.691. The number of nitrogens with zero attached hydrogens (tertiary/aromatic N) is 1. The van der Waals surface area contributed by atoms with Crippen LogP contribution < -0.4 is 5.32 Å².